The summed E-state index contributed by atoms with van der Waals surface area (Å²) in [5.74, 6) is 0. The van der Waals surface area contributed by atoms with Gasteiger partial charge in [-0.15, -0.1) is 23.7 Å². The van der Waals surface area contributed by atoms with E-state index in [1.54, 1.807) is 6.20 Å². The van der Waals surface area contributed by atoms with Gasteiger partial charge in [-0.05, 0) is 13.0 Å². The van der Waals surface area contributed by atoms with Crippen LogP contribution in [0.5, 0.6) is 0 Å². The van der Waals surface area contributed by atoms with Crippen molar-refractivity contribution in [3.05, 3.63) is 15.5 Å². The predicted octanol–water partition coefficient (Wildman–Crippen LogP) is 2.10. The summed E-state index contributed by atoms with van der Waals surface area (Å²) >= 11 is 7.18. The standard InChI is InChI=1S/C8H11ClN2OS.ClH/c9-8-11-4-7(13-8)5-12-6-1-2-10-3-6;/h4,6,10H,1-3,5H2;1H. The second-order valence-electron chi connectivity index (χ2n) is 3.01. The van der Waals surface area contributed by atoms with E-state index < -0.39 is 0 Å². The first-order valence-corrected chi connectivity index (χ1v) is 5.46. The van der Waals surface area contributed by atoms with Crippen LogP contribution in [0.3, 0.4) is 0 Å². The van der Waals surface area contributed by atoms with Crippen LogP contribution in [0.4, 0.5) is 0 Å². The van der Waals surface area contributed by atoms with Crippen LogP contribution >= 0.6 is 35.3 Å². The van der Waals surface area contributed by atoms with Crippen molar-refractivity contribution in [2.75, 3.05) is 13.1 Å². The summed E-state index contributed by atoms with van der Waals surface area (Å²) in [7, 11) is 0. The monoisotopic (exact) mass is 254 g/mol. The molecule has 2 rings (SSSR count). The summed E-state index contributed by atoms with van der Waals surface area (Å²) in [6.07, 6.45) is 3.24. The summed E-state index contributed by atoms with van der Waals surface area (Å²) in [6.45, 7) is 2.66. The van der Waals surface area contributed by atoms with Gasteiger partial charge in [0, 0.05) is 12.7 Å². The Morgan fingerprint density at radius 3 is 3.14 bits per heavy atom. The normalized spacial score (nSPS) is 20.8. The minimum absolute atomic E-state index is 0. The second kappa shape index (κ2) is 5.88. The molecule has 2 heterocycles. The van der Waals surface area contributed by atoms with Gasteiger partial charge in [-0.2, -0.15) is 0 Å². The second-order valence-corrected chi connectivity index (χ2v) is 4.70. The molecule has 0 bridgehead atoms. The van der Waals surface area contributed by atoms with Gasteiger partial charge in [-0.25, -0.2) is 4.98 Å². The maximum Gasteiger partial charge on any atom is 0.183 e. The van der Waals surface area contributed by atoms with Gasteiger partial charge >= 0.3 is 0 Å². The number of halogens is 2. The molecule has 0 aliphatic carbocycles. The van der Waals surface area contributed by atoms with Crippen molar-refractivity contribution >= 4 is 35.3 Å². The molecule has 80 valence electrons. The molecular formula is C8H12Cl2N2OS. The first kappa shape index (κ1) is 12.2. The zero-order valence-corrected chi connectivity index (χ0v) is 9.92. The molecule has 1 N–H and O–H groups in total. The van der Waals surface area contributed by atoms with Crippen molar-refractivity contribution in [1.82, 2.24) is 10.3 Å². The van der Waals surface area contributed by atoms with E-state index in [4.69, 9.17) is 16.3 Å². The van der Waals surface area contributed by atoms with E-state index in [0.29, 0.717) is 17.2 Å². The van der Waals surface area contributed by atoms with Crippen LogP contribution in [0.1, 0.15) is 11.3 Å². The van der Waals surface area contributed by atoms with Crippen molar-refractivity contribution in [2.24, 2.45) is 0 Å². The molecule has 3 nitrogen and oxygen atoms in total. The Kier molecular flexibility index (Phi) is 5.12. The minimum atomic E-state index is 0. The van der Waals surface area contributed by atoms with Gasteiger partial charge in [0.2, 0.25) is 0 Å². The summed E-state index contributed by atoms with van der Waals surface area (Å²) < 4.78 is 6.24. The fourth-order valence-corrected chi connectivity index (χ4v) is 2.22. The van der Waals surface area contributed by atoms with E-state index in [1.165, 1.54) is 11.3 Å². The van der Waals surface area contributed by atoms with Crippen molar-refractivity contribution in [3.8, 4) is 0 Å². The molecule has 1 fully saturated rings. The van der Waals surface area contributed by atoms with Gasteiger partial charge in [0.15, 0.2) is 4.47 Å². The quantitative estimate of drug-likeness (QED) is 0.898. The maximum absolute atomic E-state index is 5.70. The van der Waals surface area contributed by atoms with Crippen LogP contribution in [-0.2, 0) is 11.3 Å². The third-order valence-corrected chi connectivity index (χ3v) is 3.09. The molecular weight excluding hydrogens is 243 g/mol. The Hall–Kier alpha value is 0.130. The number of aromatic nitrogens is 1. The average molecular weight is 255 g/mol. The SMILES string of the molecule is Cl.Clc1ncc(COC2CCNC2)s1. The van der Waals surface area contributed by atoms with E-state index in [-0.39, 0.29) is 12.4 Å². The Morgan fingerprint density at radius 2 is 2.57 bits per heavy atom. The van der Waals surface area contributed by atoms with Crippen molar-refractivity contribution < 1.29 is 4.74 Å². The molecule has 0 amide bonds. The molecule has 1 aromatic heterocycles. The molecule has 14 heavy (non-hydrogen) atoms. The number of rotatable bonds is 3. The summed E-state index contributed by atoms with van der Waals surface area (Å²) in [5.41, 5.74) is 0. The van der Waals surface area contributed by atoms with Gasteiger partial charge in [-0.3, -0.25) is 0 Å². The van der Waals surface area contributed by atoms with Crippen LogP contribution in [0.2, 0.25) is 4.47 Å². The maximum atomic E-state index is 5.70. The largest absolute Gasteiger partial charge is 0.371 e. The lowest BCUT2D eigenvalue weighted by atomic mass is 10.3. The van der Waals surface area contributed by atoms with Crippen LogP contribution in [0, 0.1) is 0 Å². The minimum Gasteiger partial charge on any atom is -0.371 e. The Labute approximate surface area is 98.2 Å². The molecule has 1 aromatic rings. The highest BCUT2D eigenvalue weighted by molar-refractivity contribution is 7.15. The number of thiazole rings is 1. The third kappa shape index (κ3) is 3.37. The molecule has 0 saturated carbocycles. The Bertz CT molecular complexity index is 276. The molecule has 6 heteroatoms. The summed E-state index contributed by atoms with van der Waals surface area (Å²) in [4.78, 5) is 5.04. The number of ether oxygens (including phenoxy) is 1. The lowest BCUT2D eigenvalue weighted by Crippen LogP contribution is -2.16. The zero-order valence-electron chi connectivity index (χ0n) is 7.53. The van der Waals surface area contributed by atoms with Crippen LogP contribution in [0.15, 0.2) is 6.20 Å². The smallest absolute Gasteiger partial charge is 0.183 e. The molecule has 1 unspecified atom stereocenters. The van der Waals surface area contributed by atoms with E-state index in [9.17, 15) is 0 Å². The van der Waals surface area contributed by atoms with E-state index in [0.717, 1.165) is 24.4 Å². The summed E-state index contributed by atoms with van der Waals surface area (Å²) in [6, 6.07) is 0. The lowest BCUT2D eigenvalue weighted by Gasteiger charge is -2.07. The molecule has 1 aliphatic rings. The first-order chi connectivity index (χ1) is 6.34. The molecule has 0 aromatic carbocycles. The number of nitrogens with one attached hydrogen (secondary N) is 1. The highest BCUT2D eigenvalue weighted by Crippen LogP contribution is 2.19. The van der Waals surface area contributed by atoms with Crippen LogP contribution in [0.25, 0.3) is 0 Å². The molecule has 1 atom stereocenters. The topological polar surface area (TPSA) is 34.1 Å². The van der Waals surface area contributed by atoms with E-state index in [1.807, 2.05) is 0 Å². The molecule has 1 aliphatic heterocycles. The van der Waals surface area contributed by atoms with Gasteiger partial charge in [0.1, 0.15) is 0 Å². The Balaban J connectivity index is 0.000000980. The van der Waals surface area contributed by atoms with Crippen LogP contribution in [-0.4, -0.2) is 24.2 Å². The summed E-state index contributed by atoms with van der Waals surface area (Å²) in [5, 5.41) is 3.25. The van der Waals surface area contributed by atoms with Crippen molar-refractivity contribution in [1.29, 1.82) is 0 Å². The van der Waals surface area contributed by atoms with Crippen molar-refractivity contribution in [3.63, 3.8) is 0 Å². The number of hydrogen-bond acceptors (Lipinski definition) is 4. The number of hydrogen-bond donors (Lipinski definition) is 1. The first-order valence-electron chi connectivity index (χ1n) is 4.27. The van der Waals surface area contributed by atoms with Gasteiger partial charge < -0.3 is 10.1 Å². The van der Waals surface area contributed by atoms with Crippen LogP contribution < -0.4 is 5.32 Å². The molecule has 0 spiro atoms. The fraction of sp³-hybridized carbons (Fsp3) is 0.625. The average Bonchev–Trinajstić information content (AvgIpc) is 2.71. The van der Waals surface area contributed by atoms with Crippen molar-refractivity contribution in [2.45, 2.75) is 19.1 Å². The van der Waals surface area contributed by atoms with Gasteiger partial charge in [0.25, 0.3) is 0 Å². The van der Waals surface area contributed by atoms with E-state index >= 15 is 0 Å². The zero-order chi connectivity index (χ0) is 9.10. The lowest BCUT2D eigenvalue weighted by molar-refractivity contribution is 0.0558. The van der Waals surface area contributed by atoms with Gasteiger partial charge in [0.05, 0.1) is 17.6 Å². The Morgan fingerprint density at radius 1 is 1.71 bits per heavy atom. The molecule has 0 radical (unpaired) electrons. The van der Waals surface area contributed by atoms with E-state index in [2.05, 4.69) is 10.3 Å². The fourth-order valence-electron chi connectivity index (χ4n) is 1.32. The number of nitrogens with zero attached hydrogens (tertiary/aromatic N) is 1. The highest BCUT2D eigenvalue weighted by Gasteiger charge is 2.14. The third-order valence-electron chi connectivity index (χ3n) is 2.00. The molecule has 1 saturated heterocycles. The highest BCUT2D eigenvalue weighted by atomic mass is 35.5. The van der Waals surface area contributed by atoms with Gasteiger partial charge in [-0.1, -0.05) is 11.6 Å². The predicted molar refractivity (Wildman–Crippen MR) is 60.4 cm³/mol.